The summed E-state index contributed by atoms with van der Waals surface area (Å²) in [6, 6.07) is 0. The Labute approximate surface area is 122 Å². The van der Waals surface area contributed by atoms with Gasteiger partial charge in [0.2, 0.25) is 5.91 Å². The summed E-state index contributed by atoms with van der Waals surface area (Å²) >= 11 is 5.90. The lowest BCUT2D eigenvalue weighted by Crippen LogP contribution is -2.42. The average molecular weight is 312 g/mol. The fourth-order valence-corrected chi connectivity index (χ4v) is 3.81. The number of carbonyl (C=O) groups excluding carboxylic acids is 1. The molecule has 20 heavy (non-hydrogen) atoms. The Balaban J connectivity index is 1.84. The summed E-state index contributed by atoms with van der Waals surface area (Å²) in [4.78, 5) is 13.9. The third-order valence-electron chi connectivity index (χ3n) is 4.57. The summed E-state index contributed by atoms with van der Waals surface area (Å²) in [5, 5.41) is 0.202. The lowest BCUT2D eigenvalue weighted by molar-refractivity contribution is -0.187. The van der Waals surface area contributed by atoms with E-state index in [0.717, 1.165) is 12.8 Å². The maximum Gasteiger partial charge on any atom is 0.391 e. The largest absolute Gasteiger partial charge is 0.391 e. The van der Waals surface area contributed by atoms with Gasteiger partial charge in [-0.05, 0) is 38.0 Å². The number of amides is 1. The minimum absolute atomic E-state index is 0.0462. The predicted octanol–water partition coefficient (Wildman–Crippen LogP) is 3.83. The van der Waals surface area contributed by atoms with E-state index in [9.17, 15) is 18.0 Å². The van der Waals surface area contributed by atoms with E-state index in [1.54, 1.807) is 11.9 Å². The van der Waals surface area contributed by atoms with Crippen molar-refractivity contribution in [2.75, 3.05) is 13.6 Å². The molecule has 2 atom stereocenters. The van der Waals surface area contributed by atoms with Crippen molar-refractivity contribution in [1.29, 1.82) is 0 Å². The molecule has 2 aliphatic rings. The van der Waals surface area contributed by atoms with Gasteiger partial charge in [0.15, 0.2) is 0 Å². The molecule has 2 unspecified atom stereocenters. The fraction of sp³-hybridized carbons (Fsp3) is 0.929. The molecule has 0 spiro atoms. The van der Waals surface area contributed by atoms with Crippen LogP contribution < -0.4 is 0 Å². The van der Waals surface area contributed by atoms with E-state index in [0.29, 0.717) is 25.3 Å². The van der Waals surface area contributed by atoms with Crippen LogP contribution in [-0.2, 0) is 4.79 Å². The van der Waals surface area contributed by atoms with Gasteiger partial charge >= 0.3 is 6.18 Å². The van der Waals surface area contributed by atoms with Crippen LogP contribution in [0.2, 0.25) is 0 Å². The Bertz CT molecular complexity index is 355. The van der Waals surface area contributed by atoms with Gasteiger partial charge in [-0.15, -0.1) is 11.6 Å². The number of nitrogens with zero attached hydrogens (tertiary/aromatic N) is 1. The van der Waals surface area contributed by atoms with Crippen LogP contribution in [0.3, 0.4) is 0 Å². The van der Waals surface area contributed by atoms with Gasteiger partial charge < -0.3 is 4.90 Å². The molecule has 0 saturated heterocycles. The molecule has 2 nitrogen and oxygen atoms in total. The zero-order chi connectivity index (χ0) is 14.9. The van der Waals surface area contributed by atoms with Gasteiger partial charge in [-0.1, -0.05) is 6.42 Å². The van der Waals surface area contributed by atoms with Crippen molar-refractivity contribution in [3.05, 3.63) is 0 Å². The van der Waals surface area contributed by atoms with Crippen molar-refractivity contribution in [2.24, 2.45) is 17.8 Å². The van der Waals surface area contributed by atoms with E-state index >= 15 is 0 Å². The highest BCUT2D eigenvalue weighted by Crippen LogP contribution is 2.40. The van der Waals surface area contributed by atoms with E-state index in [4.69, 9.17) is 11.6 Å². The molecule has 2 rings (SSSR count). The van der Waals surface area contributed by atoms with Gasteiger partial charge in [-0.2, -0.15) is 13.2 Å². The smallest absolute Gasteiger partial charge is 0.345 e. The van der Waals surface area contributed by atoms with E-state index in [-0.39, 0.29) is 24.1 Å². The molecule has 116 valence electrons. The Morgan fingerprint density at radius 1 is 1.25 bits per heavy atom. The van der Waals surface area contributed by atoms with Crippen molar-refractivity contribution in [3.8, 4) is 0 Å². The van der Waals surface area contributed by atoms with Crippen LogP contribution >= 0.6 is 11.6 Å². The molecule has 6 heteroatoms. The standard InChI is InChI=1S/C14H21ClF3NO/c1-19(8-9-5-12(15)6-9)13(20)10-3-2-4-11(7-10)14(16,17)18/h9-12H,2-8H2,1H3. The molecule has 0 aromatic rings. The minimum atomic E-state index is -4.17. The van der Waals surface area contributed by atoms with E-state index in [2.05, 4.69) is 0 Å². The van der Waals surface area contributed by atoms with Crippen molar-refractivity contribution in [1.82, 2.24) is 4.90 Å². The molecule has 0 heterocycles. The van der Waals surface area contributed by atoms with Crippen LogP contribution in [0.4, 0.5) is 13.2 Å². The first kappa shape index (κ1) is 15.9. The highest BCUT2D eigenvalue weighted by molar-refractivity contribution is 6.21. The summed E-state index contributed by atoms with van der Waals surface area (Å²) in [6.45, 7) is 0.620. The van der Waals surface area contributed by atoms with E-state index in [1.165, 1.54) is 0 Å². The van der Waals surface area contributed by atoms with E-state index < -0.39 is 18.0 Å². The van der Waals surface area contributed by atoms with Crippen molar-refractivity contribution in [2.45, 2.75) is 50.1 Å². The summed E-state index contributed by atoms with van der Waals surface area (Å²) in [5.41, 5.74) is 0. The van der Waals surface area contributed by atoms with Crippen molar-refractivity contribution >= 4 is 17.5 Å². The number of hydrogen-bond acceptors (Lipinski definition) is 1. The van der Waals surface area contributed by atoms with Gasteiger partial charge in [0.05, 0.1) is 5.92 Å². The third kappa shape index (κ3) is 3.80. The second-order valence-electron chi connectivity index (χ2n) is 6.26. The first-order valence-corrected chi connectivity index (χ1v) is 7.66. The highest BCUT2D eigenvalue weighted by Gasteiger charge is 2.44. The van der Waals surface area contributed by atoms with Crippen LogP contribution in [0.15, 0.2) is 0 Å². The normalized spacial score (nSPS) is 34.5. The minimum Gasteiger partial charge on any atom is -0.345 e. The van der Waals surface area contributed by atoms with Crippen LogP contribution in [0.1, 0.15) is 38.5 Å². The first-order valence-electron chi connectivity index (χ1n) is 7.23. The molecule has 0 aromatic carbocycles. The second-order valence-corrected chi connectivity index (χ2v) is 6.87. The second kappa shape index (κ2) is 6.12. The lowest BCUT2D eigenvalue weighted by atomic mass is 9.79. The number of hydrogen-bond donors (Lipinski definition) is 0. The first-order chi connectivity index (χ1) is 9.27. The molecule has 0 bridgehead atoms. The molecule has 0 aromatic heterocycles. The lowest BCUT2D eigenvalue weighted by Gasteiger charge is -2.36. The Hall–Kier alpha value is -0.450. The Morgan fingerprint density at radius 2 is 1.90 bits per heavy atom. The fourth-order valence-electron chi connectivity index (χ4n) is 3.30. The van der Waals surface area contributed by atoms with Crippen molar-refractivity contribution < 1.29 is 18.0 Å². The molecule has 1 amide bonds. The quantitative estimate of drug-likeness (QED) is 0.725. The Kier molecular flexibility index (Phi) is 4.88. The van der Waals surface area contributed by atoms with Gasteiger partial charge in [0.1, 0.15) is 0 Å². The van der Waals surface area contributed by atoms with Crippen LogP contribution in [0, 0.1) is 17.8 Å². The van der Waals surface area contributed by atoms with Gasteiger partial charge in [0.25, 0.3) is 0 Å². The number of alkyl halides is 4. The molecular weight excluding hydrogens is 291 g/mol. The molecule has 0 N–H and O–H groups in total. The molecule has 2 fully saturated rings. The molecular formula is C14H21ClF3NO. The summed E-state index contributed by atoms with van der Waals surface area (Å²) in [7, 11) is 1.70. The topological polar surface area (TPSA) is 20.3 Å². The summed E-state index contributed by atoms with van der Waals surface area (Å²) < 4.78 is 38.3. The molecule has 2 aliphatic carbocycles. The monoisotopic (exact) mass is 311 g/mol. The number of halogens is 4. The van der Waals surface area contributed by atoms with Gasteiger partial charge in [-0.3, -0.25) is 4.79 Å². The summed E-state index contributed by atoms with van der Waals surface area (Å²) in [5.74, 6) is -1.49. The number of rotatable bonds is 3. The maximum absolute atomic E-state index is 12.8. The Morgan fingerprint density at radius 3 is 2.45 bits per heavy atom. The zero-order valence-corrected chi connectivity index (χ0v) is 12.4. The SMILES string of the molecule is CN(CC1CC(Cl)C1)C(=O)C1CCCC(C(F)(F)F)C1. The van der Waals surface area contributed by atoms with Gasteiger partial charge in [0, 0.05) is 24.9 Å². The summed E-state index contributed by atoms with van der Waals surface area (Å²) in [6.07, 6.45) is -1.19. The number of carbonyl (C=O) groups is 1. The highest BCUT2D eigenvalue weighted by atomic mass is 35.5. The van der Waals surface area contributed by atoms with Gasteiger partial charge in [-0.25, -0.2) is 0 Å². The molecule has 2 saturated carbocycles. The van der Waals surface area contributed by atoms with Crippen molar-refractivity contribution in [3.63, 3.8) is 0 Å². The van der Waals surface area contributed by atoms with E-state index in [1.807, 2.05) is 0 Å². The van der Waals surface area contributed by atoms with Crippen LogP contribution in [-0.4, -0.2) is 36.0 Å². The maximum atomic E-state index is 12.8. The predicted molar refractivity (Wildman–Crippen MR) is 71.5 cm³/mol. The average Bonchev–Trinajstić information content (AvgIpc) is 2.35. The molecule has 0 aliphatic heterocycles. The molecule has 0 radical (unpaired) electrons. The third-order valence-corrected chi connectivity index (χ3v) is 4.93. The van der Waals surface area contributed by atoms with Crippen LogP contribution in [0.5, 0.6) is 0 Å². The zero-order valence-electron chi connectivity index (χ0n) is 11.6. The van der Waals surface area contributed by atoms with Crippen LogP contribution in [0.25, 0.3) is 0 Å².